The molecule has 2 N–H and O–H groups in total. The molecule has 0 spiro atoms. The second-order valence-electron chi connectivity index (χ2n) is 8.71. The quantitative estimate of drug-likeness (QED) is 0.327. The molecule has 184 valence electrons. The maximum absolute atomic E-state index is 12.7. The highest BCUT2D eigenvalue weighted by atomic mass is 32.2. The van der Waals surface area contributed by atoms with Gasteiger partial charge in [-0.3, -0.25) is 14.2 Å². The number of anilines is 1. The van der Waals surface area contributed by atoms with Gasteiger partial charge >= 0.3 is 0 Å². The maximum atomic E-state index is 12.7. The van der Waals surface area contributed by atoms with Crippen LogP contribution in [0.25, 0.3) is 5.69 Å². The Kier molecular flexibility index (Phi) is 7.85. The number of benzene rings is 3. The number of hydrogen-bond donors (Lipinski definition) is 2. The van der Waals surface area contributed by atoms with Gasteiger partial charge in [-0.25, -0.2) is 0 Å². The molecule has 7 nitrogen and oxygen atoms in total. The van der Waals surface area contributed by atoms with Crippen LogP contribution in [-0.4, -0.2) is 32.3 Å². The molecule has 0 aliphatic rings. The van der Waals surface area contributed by atoms with Crippen molar-refractivity contribution in [2.75, 3.05) is 11.1 Å². The molecule has 3 aromatic carbocycles. The van der Waals surface area contributed by atoms with Gasteiger partial charge in [-0.15, -0.1) is 10.2 Å². The molecule has 0 aliphatic heterocycles. The Labute approximate surface area is 215 Å². The Hall–Kier alpha value is -3.91. The average Bonchev–Trinajstić information content (AvgIpc) is 3.25. The third-order valence-electron chi connectivity index (χ3n) is 5.84. The first-order valence-electron chi connectivity index (χ1n) is 11.7. The summed E-state index contributed by atoms with van der Waals surface area (Å²) >= 11 is 1.31. The molecular formula is C28H29N5O2S. The third-order valence-corrected chi connectivity index (χ3v) is 6.77. The van der Waals surface area contributed by atoms with E-state index >= 15 is 0 Å². The molecule has 0 saturated heterocycles. The van der Waals surface area contributed by atoms with Crippen LogP contribution in [0.3, 0.4) is 0 Å². The zero-order valence-corrected chi connectivity index (χ0v) is 21.6. The van der Waals surface area contributed by atoms with Crippen molar-refractivity contribution in [3.63, 3.8) is 0 Å². The van der Waals surface area contributed by atoms with Crippen molar-refractivity contribution in [1.82, 2.24) is 20.1 Å². The maximum Gasteiger partial charge on any atom is 0.251 e. The van der Waals surface area contributed by atoms with E-state index < -0.39 is 0 Å². The van der Waals surface area contributed by atoms with Crippen LogP contribution >= 0.6 is 11.8 Å². The van der Waals surface area contributed by atoms with Crippen LogP contribution < -0.4 is 10.6 Å². The molecule has 0 atom stereocenters. The first kappa shape index (κ1) is 25.2. The van der Waals surface area contributed by atoms with Crippen molar-refractivity contribution in [3.05, 3.63) is 100 Å². The predicted octanol–water partition coefficient (Wildman–Crippen LogP) is 5.16. The molecular weight excluding hydrogens is 470 g/mol. The number of carbonyl (C=O) groups excluding carboxylic acids is 2. The van der Waals surface area contributed by atoms with Gasteiger partial charge in [0.05, 0.1) is 18.0 Å². The topological polar surface area (TPSA) is 88.9 Å². The van der Waals surface area contributed by atoms with E-state index in [0.717, 1.165) is 33.6 Å². The summed E-state index contributed by atoms with van der Waals surface area (Å²) in [5.41, 5.74) is 6.57. The van der Waals surface area contributed by atoms with Crippen LogP contribution in [0.4, 0.5) is 5.69 Å². The second kappa shape index (κ2) is 11.2. The molecule has 0 radical (unpaired) electrons. The average molecular weight is 500 g/mol. The number of carbonyl (C=O) groups is 2. The number of aryl methyl sites for hydroxylation is 3. The van der Waals surface area contributed by atoms with Crippen LogP contribution in [0, 0.1) is 27.7 Å². The minimum atomic E-state index is -0.180. The smallest absolute Gasteiger partial charge is 0.251 e. The van der Waals surface area contributed by atoms with E-state index in [2.05, 4.69) is 20.8 Å². The first-order valence-corrected chi connectivity index (χ1v) is 12.7. The van der Waals surface area contributed by atoms with E-state index in [4.69, 9.17) is 0 Å². The predicted molar refractivity (Wildman–Crippen MR) is 144 cm³/mol. The fourth-order valence-electron chi connectivity index (χ4n) is 3.83. The Morgan fingerprint density at radius 1 is 0.889 bits per heavy atom. The van der Waals surface area contributed by atoms with Crippen LogP contribution in [0.1, 0.15) is 38.4 Å². The van der Waals surface area contributed by atoms with Crippen molar-refractivity contribution in [2.45, 2.75) is 39.4 Å². The second-order valence-corrected chi connectivity index (χ2v) is 9.65. The van der Waals surface area contributed by atoms with E-state index in [0.29, 0.717) is 16.5 Å². The summed E-state index contributed by atoms with van der Waals surface area (Å²) in [4.78, 5) is 25.4. The number of nitrogens with zero attached hydrogens (tertiary/aromatic N) is 3. The molecule has 2 amide bonds. The minimum Gasteiger partial charge on any atom is -0.345 e. The van der Waals surface area contributed by atoms with Gasteiger partial charge in [0, 0.05) is 11.3 Å². The summed E-state index contributed by atoms with van der Waals surface area (Å²) in [6.07, 6.45) is 0. The van der Waals surface area contributed by atoms with Gasteiger partial charge in [0.25, 0.3) is 5.91 Å². The van der Waals surface area contributed by atoms with Gasteiger partial charge in [-0.2, -0.15) is 0 Å². The largest absolute Gasteiger partial charge is 0.345 e. The molecule has 0 bridgehead atoms. The summed E-state index contributed by atoms with van der Waals surface area (Å²) < 4.78 is 1.92. The highest BCUT2D eigenvalue weighted by Crippen LogP contribution is 2.26. The standard InChI is InChI=1S/C28H29N5O2S/c1-18-8-5-11-22(14-18)27(35)29-16-25-31-32-28(33(25)24-13-7-10-20(3)21(24)4)36-17-26(34)30-23-12-6-9-19(2)15-23/h5-15H,16-17H2,1-4H3,(H,29,35)(H,30,34). The Morgan fingerprint density at radius 2 is 1.61 bits per heavy atom. The lowest BCUT2D eigenvalue weighted by Crippen LogP contribution is -2.25. The minimum absolute atomic E-state index is 0.129. The lowest BCUT2D eigenvalue weighted by molar-refractivity contribution is -0.113. The van der Waals surface area contributed by atoms with Gasteiger partial charge in [-0.1, -0.05) is 53.7 Å². The van der Waals surface area contributed by atoms with Crippen molar-refractivity contribution < 1.29 is 9.59 Å². The lowest BCUT2D eigenvalue weighted by Gasteiger charge is -2.15. The molecule has 1 aromatic heterocycles. The summed E-state index contributed by atoms with van der Waals surface area (Å²) in [5.74, 6) is 0.453. The van der Waals surface area contributed by atoms with E-state index in [1.807, 2.05) is 92.9 Å². The van der Waals surface area contributed by atoms with E-state index in [-0.39, 0.29) is 24.1 Å². The Balaban J connectivity index is 1.55. The Morgan fingerprint density at radius 3 is 2.36 bits per heavy atom. The van der Waals surface area contributed by atoms with Crippen molar-refractivity contribution >= 4 is 29.3 Å². The fourth-order valence-corrected chi connectivity index (χ4v) is 4.59. The van der Waals surface area contributed by atoms with Crippen molar-refractivity contribution in [3.8, 4) is 5.69 Å². The highest BCUT2D eigenvalue weighted by Gasteiger charge is 2.19. The van der Waals surface area contributed by atoms with Gasteiger partial charge < -0.3 is 10.6 Å². The molecule has 0 saturated carbocycles. The molecule has 0 aliphatic carbocycles. The number of thioether (sulfide) groups is 1. The highest BCUT2D eigenvalue weighted by molar-refractivity contribution is 7.99. The number of amides is 2. The number of hydrogen-bond acceptors (Lipinski definition) is 5. The Bertz CT molecular complexity index is 1410. The van der Waals surface area contributed by atoms with Crippen LogP contribution in [-0.2, 0) is 11.3 Å². The number of aromatic nitrogens is 3. The van der Waals surface area contributed by atoms with Gasteiger partial charge in [0.1, 0.15) is 0 Å². The molecule has 0 unspecified atom stereocenters. The number of nitrogens with one attached hydrogen (secondary N) is 2. The molecule has 4 rings (SSSR count). The monoisotopic (exact) mass is 499 g/mol. The van der Waals surface area contributed by atoms with E-state index in [9.17, 15) is 9.59 Å². The van der Waals surface area contributed by atoms with Gasteiger partial charge in [-0.05, 0) is 74.7 Å². The molecule has 4 aromatic rings. The van der Waals surface area contributed by atoms with Crippen LogP contribution in [0.15, 0.2) is 71.9 Å². The van der Waals surface area contributed by atoms with Gasteiger partial charge in [0.15, 0.2) is 11.0 Å². The van der Waals surface area contributed by atoms with E-state index in [1.165, 1.54) is 11.8 Å². The normalized spacial score (nSPS) is 10.8. The third kappa shape index (κ3) is 6.01. The SMILES string of the molecule is Cc1cccc(NC(=O)CSc2nnc(CNC(=O)c3cccc(C)c3)n2-c2cccc(C)c2C)c1. The van der Waals surface area contributed by atoms with Gasteiger partial charge in [0.2, 0.25) is 5.91 Å². The van der Waals surface area contributed by atoms with Crippen molar-refractivity contribution in [1.29, 1.82) is 0 Å². The summed E-state index contributed by atoms with van der Waals surface area (Å²) in [6, 6.07) is 21.1. The zero-order valence-electron chi connectivity index (χ0n) is 20.8. The molecule has 36 heavy (non-hydrogen) atoms. The first-order chi connectivity index (χ1) is 17.3. The summed E-state index contributed by atoms with van der Waals surface area (Å²) in [7, 11) is 0. The van der Waals surface area contributed by atoms with E-state index in [1.54, 1.807) is 6.07 Å². The summed E-state index contributed by atoms with van der Waals surface area (Å²) in [6.45, 7) is 8.22. The number of rotatable bonds is 8. The summed E-state index contributed by atoms with van der Waals surface area (Å²) in [5, 5.41) is 15.2. The van der Waals surface area contributed by atoms with Crippen LogP contribution in [0.2, 0.25) is 0 Å². The lowest BCUT2D eigenvalue weighted by atomic mass is 10.1. The molecule has 8 heteroatoms. The van der Waals surface area contributed by atoms with Crippen molar-refractivity contribution in [2.24, 2.45) is 0 Å². The fraction of sp³-hybridized carbons (Fsp3) is 0.214. The molecule has 0 fully saturated rings. The zero-order chi connectivity index (χ0) is 25.7. The van der Waals surface area contributed by atoms with Crippen LogP contribution in [0.5, 0.6) is 0 Å². The molecule has 1 heterocycles.